The molecule has 0 radical (unpaired) electrons. The van der Waals surface area contributed by atoms with Crippen molar-refractivity contribution in [3.05, 3.63) is 0 Å². The standard InChI is InChI=1S/C9H19NO5S/c1-9(2,3)15-8(11)10-6-4-5-7-16(12,13)14/h4-7H2,1-3H3,(H,10,11)(H,12,13,14). The molecule has 0 saturated carbocycles. The molecular formula is C9H19NO5S. The van der Waals surface area contributed by atoms with Crippen molar-refractivity contribution in [1.82, 2.24) is 5.32 Å². The first kappa shape index (κ1) is 15.2. The van der Waals surface area contributed by atoms with E-state index in [2.05, 4.69) is 5.32 Å². The minimum atomic E-state index is -3.90. The molecule has 0 fully saturated rings. The first-order valence-electron chi connectivity index (χ1n) is 5.02. The second-order valence-electron chi connectivity index (χ2n) is 4.42. The fourth-order valence-corrected chi connectivity index (χ4v) is 1.48. The Morgan fingerprint density at radius 1 is 1.31 bits per heavy atom. The van der Waals surface area contributed by atoms with E-state index in [1.165, 1.54) is 0 Å². The van der Waals surface area contributed by atoms with Crippen LogP contribution >= 0.6 is 0 Å². The van der Waals surface area contributed by atoms with Crippen LogP contribution in [-0.4, -0.2) is 37.0 Å². The normalized spacial score (nSPS) is 12.2. The minimum Gasteiger partial charge on any atom is -0.444 e. The van der Waals surface area contributed by atoms with E-state index in [1.54, 1.807) is 20.8 Å². The highest BCUT2D eigenvalue weighted by Crippen LogP contribution is 2.06. The largest absolute Gasteiger partial charge is 0.444 e. The summed E-state index contributed by atoms with van der Waals surface area (Å²) in [5, 5.41) is 2.49. The van der Waals surface area contributed by atoms with Crippen molar-refractivity contribution in [2.75, 3.05) is 12.3 Å². The molecule has 0 aromatic rings. The summed E-state index contributed by atoms with van der Waals surface area (Å²) in [7, 11) is -3.90. The van der Waals surface area contributed by atoms with Crippen molar-refractivity contribution in [1.29, 1.82) is 0 Å². The van der Waals surface area contributed by atoms with Crippen molar-refractivity contribution in [3.63, 3.8) is 0 Å². The molecule has 0 aliphatic carbocycles. The van der Waals surface area contributed by atoms with Gasteiger partial charge in [0.25, 0.3) is 10.1 Å². The van der Waals surface area contributed by atoms with Crippen molar-refractivity contribution in [2.45, 2.75) is 39.2 Å². The van der Waals surface area contributed by atoms with E-state index in [1.807, 2.05) is 0 Å². The molecule has 0 aromatic carbocycles. The van der Waals surface area contributed by atoms with Crippen LogP contribution in [0.2, 0.25) is 0 Å². The van der Waals surface area contributed by atoms with Gasteiger partial charge in [0.1, 0.15) is 5.60 Å². The van der Waals surface area contributed by atoms with Crippen LogP contribution < -0.4 is 5.32 Å². The number of unbranched alkanes of at least 4 members (excludes halogenated alkanes) is 1. The molecule has 6 nitrogen and oxygen atoms in total. The summed E-state index contributed by atoms with van der Waals surface area (Å²) in [6.07, 6.45) is 0.243. The number of hydrogen-bond acceptors (Lipinski definition) is 4. The molecule has 0 spiro atoms. The molecular weight excluding hydrogens is 234 g/mol. The lowest BCUT2D eigenvalue weighted by Gasteiger charge is -2.19. The fraction of sp³-hybridized carbons (Fsp3) is 0.889. The molecule has 1 amide bonds. The number of carbonyl (C=O) groups excluding carboxylic acids is 1. The summed E-state index contributed by atoms with van der Waals surface area (Å²) in [6, 6.07) is 0. The van der Waals surface area contributed by atoms with E-state index in [9.17, 15) is 13.2 Å². The Kier molecular flexibility index (Phi) is 5.74. The van der Waals surface area contributed by atoms with Crippen molar-refractivity contribution >= 4 is 16.2 Å². The van der Waals surface area contributed by atoms with E-state index < -0.39 is 21.8 Å². The van der Waals surface area contributed by atoms with Gasteiger partial charge in [-0.25, -0.2) is 4.79 Å². The van der Waals surface area contributed by atoms with Crippen LogP contribution in [0.25, 0.3) is 0 Å². The van der Waals surface area contributed by atoms with Gasteiger partial charge in [0.05, 0.1) is 5.75 Å². The molecule has 16 heavy (non-hydrogen) atoms. The lowest BCUT2D eigenvalue weighted by atomic mass is 10.2. The fourth-order valence-electron chi connectivity index (χ4n) is 0.914. The summed E-state index contributed by atoms with van der Waals surface area (Å²) in [4.78, 5) is 11.1. The highest BCUT2D eigenvalue weighted by Gasteiger charge is 2.15. The molecule has 0 heterocycles. The second kappa shape index (κ2) is 6.05. The maximum Gasteiger partial charge on any atom is 0.407 e. The number of carbonyl (C=O) groups is 1. The number of hydrogen-bond donors (Lipinski definition) is 2. The predicted molar refractivity (Wildman–Crippen MR) is 59.9 cm³/mol. The SMILES string of the molecule is CC(C)(C)OC(=O)NCCCCS(=O)(=O)O. The molecule has 96 valence electrons. The number of amides is 1. The Hall–Kier alpha value is -0.820. The zero-order valence-corrected chi connectivity index (χ0v) is 10.6. The third kappa shape index (κ3) is 11.3. The van der Waals surface area contributed by atoms with Gasteiger partial charge in [0.15, 0.2) is 0 Å². The van der Waals surface area contributed by atoms with Gasteiger partial charge in [0, 0.05) is 6.54 Å². The van der Waals surface area contributed by atoms with Crippen LogP contribution in [0.4, 0.5) is 4.79 Å². The van der Waals surface area contributed by atoms with Gasteiger partial charge in [-0.15, -0.1) is 0 Å². The van der Waals surface area contributed by atoms with E-state index in [4.69, 9.17) is 9.29 Å². The average molecular weight is 253 g/mol. The van der Waals surface area contributed by atoms with Crippen molar-refractivity contribution in [3.8, 4) is 0 Å². The van der Waals surface area contributed by atoms with Crippen LogP contribution in [0, 0.1) is 0 Å². The zero-order chi connectivity index (χ0) is 12.8. The number of rotatable bonds is 5. The molecule has 0 rings (SSSR count). The summed E-state index contributed by atoms with van der Waals surface area (Å²) < 4.78 is 34.1. The molecule has 0 aromatic heterocycles. The average Bonchev–Trinajstić information content (AvgIpc) is 1.97. The van der Waals surface area contributed by atoms with E-state index in [-0.39, 0.29) is 5.75 Å². The van der Waals surface area contributed by atoms with Gasteiger partial charge in [0.2, 0.25) is 0 Å². The Bertz CT molecular complexity index is 317. The van der Waals surface area contributed by atoms with Crippen molar-refractivity contribution in [2.24, 2.45) is 0 Å². The third-order valence-corrected chi connectivity index (χ3v) is 2.30. The maximum absolute atomic E-state index is 11.1. The van der Waals surface area contributed by atoms with Crippen LogP contribution in [0.3, 0.4) is 0 Å². The first-order valence-corrected chi connectivity index (χ1v) is 6.63. The van der Waals surface area contributed by atoms with Crippen LogP contribution in [0.15, 0.2) is 0 Å². The monoisotopic (exact) mass is 253 g/mol. The second-order valence-corrected chi connectivity index (χ2v) is 5.99. The highest BCUT2D eigenvalue weighted by molar-refractivity contribution is 7.85. The Morgan fingerprint density at radius 2 is 1.88 bits per heavy atom. The van der Waals surface area contributed by atoms with Crippen LogP contribution in [0.1, 0.15) is 33.6 Å². The third-order valence-electron chi connectivity index (χ3n) is 1.50. The van der Waals surface area contributed by atoms with Crippen LogP contribution in [0.5, 0.6) is 0 Å². The molecule has 7 heteroatoms. The smallest absolute Gasteiger partial charge is 0.407 e. The maximum atomic E-state index is 11.1. The zero-order valence-electron chi connectivity index (χ0n) is 9.82. The topological polar surface area (TPSA) is 92.7 Å². The molecule has 0 saturated heterocycles. The van der Waals surface area contributed by atoms with Gasteiger partial charge in [-0.05, 0) is 33.6 Å². The summed E-state index contributed by atoms with van der Waals surface area (Å²) in [5.41, 5.74) is -0.543. The van der Waals surface area contributed by atoms with Crippen LogP contribution in [-0.2, 0) is 14.9 Å². The number of ether oxygens (including phenoxy) is 1. The highest BCUT2D eigenvalue weighted by atomic mass is 32.2. The quantitative estimate of drug-likeness (QED) is 0.567. The summed E-state index contributed by atoms with van der Waals surface area (Å²) in [5.74, 6) is -0.289. The first-order chi connectivity index (χ1) is 7.10. The van der Waals surface area contributed by atoms with E-state index in [0.717, 1.165) is 0 Å². The number of nitrogens with one attached hydrogen (secondary N) is 1. The minimum absolute atomic E-state index is 0.289. The molecule has 0 unspecified atom stereocenters. The van der Waals surface area contributed by atoms with Gasteiger partial charge in [-0.3, -0.25) is 4.55 Å². The summed E-state index contributed by atoms with van der Waals surface area (Å²) in [6.45, 7) is 5.59. The van der Waals surface area contributed by atoms with Gasteiger partial charge < -0.3 is 10.1 Å². The molecule has 0 aliphatic rings. The molecule has 2 N–H and O–H groups in total. The number of alkyl carbamates (subject to hydrolysis) is 1. The van der Waals surface area contributed by atoms with E-state index in [0.29, 0.717) is 19.4 Å². The van der Waals surface area contributed by atoms with Gasteiger partial charge >= 0.3 is 6.09 Å². The lowest BCUT2D eigenvalue weighted by molar-refractivity contribution is 0.0527. The Labute approximate surface area is 96.1 Å². The van der Waals surface area contributed by atoms with Gasteiger partial charge in [-0.1, -0.05) is 0 Å². The Balaban J connectivity index is 3.57. The molecule has 0 bridgehead atoms. The Morgan fingerprint density at radius 3 is 2.31 bits per heavy atom. The lowest BCUT2D eigenvalue weighted by Crippen LogP contribution is -2.33. The van der Waals surface area contributed by atoms with Gasteiger partial charge in [-0.2, -0.15) is 8.42 Å². The summed E-state index contributed by atoms with van der Waals surface area (Å²) >= 11 is 0. The van der Waals surface area contributed by atoms with Crippen molar-refractivity contribution < 1.29 is 22.5 Å². The molecule has 0 aliphatic heterocycles. The predicted octanol–water partition coefficient (Wildman–Crippen LogP) is 1.18. The molecule has 0 atom stereocenters. The van der Waals surface area contributed by atoms with E-state index >= 15 is 0 Å².